The highest BCUT2D eigenvalue weighted by molar-refractivity contribution is 8.01. The van der Waals surface area contributed by atoms with Crippen molar-refractivity contribution in [3.63, 3.8) is 0 Å². The van der Waals surface area contributed by atoms with Crippen LogP contribution in [0.4, 0.5) is 4.79 Å². The van der Waals surface area contributed by atoms with E-state index in [0.717, 1.165) is 0 Å². The third-order valence-electron chi connectivity index (χ3n) is 4.31. The summed E-state index contributed by atoms with van der Waals surface area (Å²) in [6, 6.07) is -1.27. The molecule has 0 aromatic rings. The summed E-state index contributed by atoms with van der Waals surface area (Å²) in [5.74, 6) is -2.51. The van der Waals surface area contributed by atoms with Crippen molar-refractivity contribution in [2.45, 2.75) is 59.4 Å². The third kappa shape index (κ3) is 5.18. The summed E-state index contributed by atoms with van der Waals surface area (Å²) in [5.41, 5.74) is -1.54. The number of nitrogens with zero attached hydrogens (tertiary/aromatic N) is 1. The van der Waals surface area contributed by atoms with Crippen LogP contribution in [-0.4, -0.2) is 78.8 Å². The average Bonchev–Trinajstić information content (AvgIpc) is 2.85. The van der Waals surface area contributed by atoms with Gasteiger partial charge in [0.15, 0.2) is 6.61 Å². The smallest absolute Gasteiger partial charge is 0.480 e. The molecule has 2 amide bonds. The van der Waals surface area contributed by atoms with Crippen LogP contribution in [0, 0.1) is 0 Å². The number of carbonyl (C=O) groups excluding carboxylic acids is 3. The summed E-state index contributed by atoms with van der Waals surface area (Å²) in [7, 11) is 0. The molecule has 0 radical (unpaired) electrons. The van der Waals surface area contributed by atoms with Gasteiger partial charge in [-0.3, -0.25) is 14.9 Å². The molecule has 2 fully saturated rings. The summed E-state index contributed by atoms with van der Waals surface area (Å²) >= 11 is 17.6. The molecule has 0 bridgehead atoms. The Morgan fingerprint density at radius 1 is 1.27 bits per heavy atom. The van der Waals surface area contributed by atoms with Gasteiger partial charge in [-0.15, -0.1) is 11.8 Å². The highest BCUT2D eigenvalue weighted by atomic mass is 35.6. The SMILES string of the molecule is CC(C)NC1(NC(=O)COC(=O)OCC(Cl)(Cl)Cl)C(=O)N2[C@@H](C(=O)O)C(C)(C)S[C@@H]21. The summed E-state index contributed by atoms with van der Waals surface area (Å²) in [6.45, 7) is 5.65. The lowest BCUT2D eigenvalue weighted by molar-refractivity contribution is -0.172. The van der Waals surface area contributed by atoms with Crippen molar-refractivity contribution in [1.82, 2.24) is 15.5 Å². The molecular formula is C16H22Cl3N3O7S. The molecule has 0 spiro atoms. The maximum absolute atomic E-state index is 13.0. The van der Waals surface area contributed by atoms with E-state index in [1.165, 1.54) is 16.7 Å². The number of fused-ring (bicyclic) bond motifs is 1. The first-order valence-electron chi connectivity index (χ1n) is 8.79. The number of amides is 2. The first-order chi connectivity index (χ1) is 13.6. The number of rotatable bonds is 7. The van der Waals surface area contributed by atoms with E-state index in [4.69, 9.17) is 34.8 Å². The molecule has 1 unspecified atom stereocenters. The van der Waals surface area contributed by atoms with Crippen LogP contribution >= 0.6 is 46.6 Å². The summed E-state index contributed by atoms with van der Waals surface area (Å²) < 4.78 is 6.60. The zero-order valence-corrected chi connectivity index (χ0v) is 19.6. The van der Waals surface area contributed by atoms with Gasteiger partial charge in [-0.2, -0.15) is 0 Å². The second kappa shape index (κ2) is 8.78. The number of hydrogen-bond acceptors (Lipinski definition) is 8. The fourth-order valence-corrected chi connectivity index (χ4v) is 5.18. The second-order valence-corrected chi connectivity index (χ2v) is 11.9. The topological polar surface area (TPSA) is 134 Å². The van der Waals surface area contributed by atoms with Crippen LogP contribution in [0.1, 0.15) is 27.7 Å². The third-order valence-corrected chi connectivity index (χ3v) is 6.27. The van der Waals surface area contributed by atoms with E-state index in [1.54, 1.807) is 27.7 Å². The summed E-state index contributed by atoms with van der Waals surface area (Å²) in [4.78, 5) is 49.8. The monoisotopic (exact) mass is 505 g/mol. The van der Waals surface area contributed by atoms with Gasteiger partial charge < -0.3 is 24.8 Å². The number of halogens is 3. The number of nitrogens with one attached hydrogen (secondary N) is 2. The van der Waals surface area contributed by atoms with E-state index in [1.807, 2.05) is 0 Å². The van der Waals surface area contributed by atoms with Crippen LogP contribution in [0.5, 0.6) is 0 Å². The summed E-state index contributed by atoms with van der Waals surface area (Å²) in [6.07, 6.45) is -1.23. The average molecular weight is 507 g/mol. The second-order valence-electron chi connectivity index (χ2n) is 7.62. The lowest BCUT2D eigenvalue weighted by Gasteiger charge is -2.53. The molecule has 30 heavy (non-hydrogen) atoms. The van der Waals surface area contributed by atoms with Crippen molar-refractivity contribution in [3.8, 4) is 0 Å². The Morgan fingerprint density at radius 3 is 2.37 bits per heavy atom. The van der Waals surface area contributed by atoms with E-state index >= 15 is 0 Å². The number of carbonyl (C=O) groups is 4. The Balaban J connectivity index is 2.08. The van der Waals surface area contributed by atoms with Crippen LogP contribution in [0.3, 0.4) is 0 Å². The van der Waals surface area contributed by atoms with Crippen molar-refractivity contribution in [3.05, 3.63) is 0 Å². The predicted molar refractivity (Wildman–Crippen MR) is 110 cm³/mol. The maximum atomic E-state index is 13.0. The Hall–Kier alpha value is -1.14. The molecule has 3 atom stereocenters. The van der Waals surface area contributed by atoms with Gasteiger partial charge in [0.25, 0.3) is 11.8 Å². The molecule has 2 rings (SSSR count). The molecule has 0 aromatic heterocycles. The number of thioether (sulfide) groups is 1. The fourth-order valence-electron chi connectivity index (χ4n) is 3.36. The molecule has 2 heterocycles. The lowest BCUT2D eigenvalue weighted by atomic mass is 9.90. The first-order valence-corrected chi connectivity index (χ1v) is 10.8. The van der Waals surface area contributed by atoms with E-state index in [2.05, 4.69) is 20.1 Å². The maximum Gasteiger partial charge on any atom is 0.508 e. The normalized spacial score (nSPS) is 27.3. The Morgan fingerprint density at radius 2 is 1.87 bits per heavy atom. The van der Waals surface area contributed by atoms with Gasteiger partial charge in [0.05, 0.1) is 0 Å². The number of alkyl halides is 3. The Bertz CT molecular complexity index is 746. The first kappa shape index (κ1) is 25.1. The number of carboxylic acid groups (broad SMARTS) is 1. The molecule has 0 aliphatic carbocycles. The molecule has 0 aromatic carbocycles. The molecule has 14 heteroatoms. The number of aliphatic carboxylic acids is 1. The van der Waals surface area contributed by atoms with Gasteiger partial charge in [-0.25, -0.2) is 9.59 Å². The highest BCUT2D eigenvalue weighted by Crippen LogP contribution is 2.54. The van der Waals surface area contributed by atoms with Gasteiger partial charge in [0, 0.05) is 10.8 Å². The minimum atomic E-state index is -1.83. The number of β-lactam (4-membered cyclic amide) rings is 1. The largest absolute Gasteiger partial charge is 0.508 e. The van der Waals surface area contributed by atoms with Gasteiger partial charge >= 0.3 is 12.1 Å². The highest BCUT2D eigenvalue weighted by Gasteiger charge is 2.72. The summed E-state index contributed by atoms with van der Waals surface area (Å²) in [5, 5.41) is 14.5. The zero-order valence-electron chi connectivity index (χ0n) is 16.5. The Kier molecular flexibility index (Phi) is 7.35. The van der Waals surface area contributed by atoms with Crippen LogP contribution in [0.15, 0.2) is 0 Å². The van der Waals surface area contributed by atoms with Crippen molar-refractivity contribution in [2.75, 3.05) is 13.2 Å². The van der Waals surface area contributed by atoms with E-state index < -0.39 is 62.8 Å². The molecule has 0 saturated carbocycles. The standard InChI is InChI=1S/C16H22Cl3N3O7S/c1-7(2)20-16(21-8(23)5-28-13(27)29-6-15(17,18)19)11(26)22-9(10(24)25)14(3,4)30-12(16)22/h7,9,12,20H,5-6H2,1-4H3,(H,21,23)(H,24,25)/t9-,12+,16?/m0/s1. The van der Waals surface area contributed by atoms with Crippen molar-refractivity contribution >= 4 is 70.5 Å². The Labute approximate surface area is 192 Å². The van der Waals surface area contributed by atoms with E-state index in [0.29, 0.717) is 0 Å². The number of carboxylic acids is 1. The fraction of sp³-hybridized carbons (Fsp3) is 0.750. The molecule has 2 aliphatic rings. The van der Waals surface area contributed by atoms with Crippen molar-refractivity contribution in [1.29, 1.82) is 0 Å². The van der Waals surface area contributed by atoms with Crippen LogP contribution in [0.25, 0.3) is 0 Å². The lowest BCUT2D eigenvalue weighted by Crippen LogP contribution is -2.85. The molecule has 2 saturated heterocycles. The minimum absolute atomic E-state index is 0.223. The molecule has 3 N–H and O–H groups in total. The van der Waals surface area contributed by atoms with Gasteiger partial charge in [0.1, 0.15) is 18.0 Å². The van der Waals surface area contributed by atoms with Crippen molar-refractivity contribution in [2.24, 2.45) is 0 Å². The molecule has 10 nitrogen and oxygen atoms in total. The zero-order chi connectivity index (χ0) is 23.1. The van der Waals surface area contributed by atoms with Gasteiger partial charge in [-0.1, -0.05) is 34.8 Å². The van der Waals surface area contributed by atoms with E-state index in [-0.39, 0.29) is 6.04 Å². The number of ether oxygens (including phenoxy) is 2. The van der Waals surface area contributed by atoms with Gasteiger partial charge in [0.2, 0.25) is 9.46 Å². The van der Waals surface area contributed by atoms with Gasteiger partial charge in [-0.05, 0) is 27.7 Å². The van der Waals surface area contributed by atoms with Crippen LogP contribution in [-0.2, 0) is 23.9 Å². The minimum Gasteiger partial charge on any atom is -0.480 e. The van der Waals surface area contributed by atoms with Crippen LogP contribution in [0.2, 0.25) is 0 Å². The van der Waals surface area contributed by atoms with E-state index in [9.17, 15) is 24.3 Å². The van der Waals surface area contributed by atoms with Crippen LogP contribution < -0.4 is 10.6 Å². The predicted octanol–water partition coefficient (Wildman–Crippen LogP) is 1.47. The quantitative estimate of drug-likeness (QED) is 0.203. The van der Waals surface area contributed by atoms with Crippen molar-refractivity contribution < 1.29 is 33.8 Å². The molecule has 170 valence electrons. The molecular weight excluding hydrogens is 485 g/mol. The molecule has 2 aliphatic heterocycles. The number of hydrogen-bond donors (Lipinski definition) is 3.